The number of amides is 1. The van der Waals surface area contributed by atoms with Crippen molar-refractivity contribution in [1.29, 1.82) is 0 Å². The minimum Gasteiger partial charge on any atom is -0.376 e. The third-order valence-corrected chi connectivity index (χ3v) is 3.55. The van der Waals surface area contributed by atoms with Crippen LogP contribution in [0.15, 0.2) is 24.3 Å². The molecule has 1 fully saturated rings. The second kappa shape index (κ2) is 8.25. The summed E-state index contributed by atoms with van der Waals surface area (Å²) in [5, 5.41) is 6.82. The van der Waals surface area contributed by atoms with Crippen LogP contribution in [0, 0.1) is 0 Å². The molecule has 1 aliphatic heterocycles. The SMILES string of the molecule is O=C(Cc1cccc(Cl)c1)NCCOC1CCNCC1. The molecule has 4 nitrogen and oxygen atoms in total. The molecule has 0 aromatic heterocycles. The van der Waals surface area contributed by atoms with E-state index in [0.717, 1.165) is 31.5 Å². The van der Waals surface area contributed by atoms with Gasteiger partial charge in [-0.15, -0.1) is 0 Å². The van der Waals surface area contributed by atoms with Crippen molar-refractivity contribution in [1.82, 2.24) is 10.6 Å². The molecule has 0 aliphatic carbocycles. The van der Waals surface area contributed by atoms with Crippen molar-refractivity contribution in [3.63, 3.8) is 0 Å². The molecule has 110 valence electrons. The van der Waals surface area contributed by atoms with Gasteiger partial charge in [-0.05, 0) is 43.6 Å². The van der Waals surface area contributed by atoms with E-state index in [-0.39, 0.29) is 5.91 Å². The van der Waals surface area contributed by atoms with Crippen LogP contribution in [-0.2, 0) is 16.0 Å². The molecule has 0 bridgehead atoms. The van der Waals surface area contributed by atoms with Crippen LogP contribution >= 0.6 is 11.6 Å². The lowest BCUT2D eigenvalue weighted by molar-refractivity contribution is -0.120. The smallest absolute Gasteiger partial charge is 0.224 e. The molecule has 1 saturated heterocycles. The molecular formula is C15H21ClN2O2. The number of ether oxygens (including phenoxy) is 1. The maximum atomic E-state index is 11.8. The van der Waals surface area contributed by atoms with E-state index in [4.69, 9.17) is 16.3 Å². The Morgan fingerprint density at radius 3 is 2.95 bits per heavy atom. The van der Waals surface area contributed by atoms with E-state index >= 15 is 0 Å². The summed E-state index contributed by atoms with van der Waals surface area (Å²) in [6.07, 6.45) is 2.79. The molecule has 20 heavy (non-hydrogen) atoms. The summed E-state index contributed by atoms with van der Waals surface area (Å²) in [4.78, 5) is 11.8. The van der Waals surface area contributed by atoms with Crippen LogP contribution < -0.4 is 10.6 Å². The molecular weight excluding hydrogens is 276 g/mol. The summed E-state index contributed by atoms with van der Waals surface area (Å²) in [7, 11) is 0. The first-order valence-electron chi connectivity index (χ1n) is 7.07. The molecule has 2 N–H and O–H groups in total. The number of carbonyl (C=O) groups excluding carboxylic acids is 1. The lowest BCUT2D eigenvalue weighted by Gasteiger charge is -2.22. The van der Waals surface area contributed by atoms with Gasteiger partial charge in [0.05, 0.1) is 19.1 Å². The number of hydrogen-bond acceptors (Lipinski definition) is 3. The quantitative estimate of drug-likeness (QED) is 0.787. The molecule has 0 radical (unpaired) electrons. The van der Waals surface area contributed by atoms with Gasteiger partial charge in [0.25, 0.3) is 0 Å². The predicted octanol–water partition coefficient (Wildman–Crippen LogP) is 1.77. The van der Waals surface area contributed by atoms with Gasteiger partial charge in [0.15, 0.2) is 0 Å². The minimum atomic E-state index is 0.00109. The van der Waals surface area contributed by atoms with Crippen LogP contribution in [0.4, 0.5) is 0 Å². The van der Waals surface area contributed by atoms with Crippen molar-refractivity contribution in [2.24, 2.45) is 0 Å². The van der Waals surface area contributed by atoms with Gasteiger partial charge in [-0.3, -0.25) is 4.79 Å². The van der Waals surface area contributed by atoms with Crippen LogP contribution in [0.2, 0.25) is 5.02 Å². The van der Waals surface area contributed by atoms with Crippen LogP contribution in [0.3, 0.4) is 0 Å². The summed E-state index contributed by atoms with van der Waals surface area (Å²) in [5.74, 6) is 0.00109. The predicted molar refractivity (Wildman–Crippen MR) is 80.0 cm³/mol. The van der Waals surface area contributed by atoms with E-state index < -0.39 is 0 Å². The van der Waals surface area contributed by atoms with Gasteiger partial charge < -0.3 is 15.4 Å². The average Bonchev–Trinajstić information content (AvgIpc) is 2.45. The average molecular weight is 297 g/mol. The summed E-state index contributed by atoms with van der Waals surface area (Å²) >= 11 is 5.88. The molecule has 1 amide bonds. The highest BCUT2D eigenvalue weighted by molar-refractivity contribution is 6.30. The zero-order valence-corrected chi connectivity index (χ0v) is 12.3. The third kappa shape index (κ3) is 5.49. The second-order valence-electron chi connectivity index (χ2n) is 4.98. The zero-order chi connectivity index (χ0) is 14.2. The number of piperidine rings is 1. The minimum absolute atomic E-state index is 0.00109. The highest BCUT2D eigenvalue weighted by Gasteiger charge is 2.12. The first-order chi connectivity index (χ1) is 9.74. The molecule has 0 unspecified atom stereocenters. The molecule has 0 saturated carbocycles. The molecule has 1 aromatic carbocycles. The van der Waals surface area contributed by atoms with Gasteiger partial charge in [-0.2, -0.15) is 0 Å². The summed E-state index contributed by atoms with van der Waals surface area (Å²) in [6, 6.07) is 7.37. The Hall–Kier alpha value is -1.10. The first-order valence-corrected chi connectivity index (χ1v) is 7.45. The Balaban J connectivity index is 1.60. The lowest BCUT2D eigenvalue weighted by Crippen LogP contribution is -2.35. The Kier molecular flexibility index (Phi) is 6.30. The number of hydrogen-bond donors (Lipinski definition) is 2. The van der Waals surface area contributed by atoms with Crippen molar-refractivity contribution in [2.45, 2.75) is 25.4 Å². The van der Waals surface area contributed by atoms with Crippen LogP contribution in [0.25, 0.3) is 0 Å². The lowest BCUT2D eigenvalue weighted by atomic mass is 10.1. The van der Waals surface area contributed by atoms with Crippen LogP contribution in [-0.4, -0.2) is 38.3 Å². The molecule has 0 spiro atoms. The van der Waals surface area contributed by atoms with Crippen molar-refractivity contribution < 1.29 is 9.53 Å². The Labute approximate surface area is 124 Å². The standard InChI is InChI=1S/C15H21ClN2O2/c16-13-3-1-2-12(10-13)11-15(19)18-8-9-20-14-4-6-17-7-5-14/h1-3,10,14,17H,4-9,11H2,(H,18,19). The van der Waals surface area contributed by atoms with Crippen LogP contribution in [0.1, 0.15) is 18.4 Å². The van der Waals surface area contributed by atoms with Gasteiger partial charge in [0, 0.05) is 11.6 Å². The number of rotatable bonds is 6. The molecule has 1 heterocycles. The van der Waals surface area contributed by atoms with E-state index in [0.29, 0.717) is 30.7 Å². The van der Waals surface area contributed by atoms with Crippen molar-refractivity contribution in [3.05, 3.63) is 34.9 Å². The van der Waals surface area contributed by atoms with Crippen LogP contribution in [0.5, 0.6) is 0 Å². The Morgan fingerprint density at radius 2 is 2.20 bits per heavy atom. The number of carbonyl (C=O) groups is 1. The molecule has 0 atom stereocenters. The fourth-order valence-corrected chi connectivity index (χ4v) is 2.49. The van der Waals surface area contributed by atoms with E-state index in [1.54, 1.807) is 6.07 Å². The van der Waals surface area contributed by atoms with Gasteiger partial charge in [-0.1, -0.05) is 23.7 Å². The molecule has 2 rings (SSSR count). The summed E-state index contributed by atoms with van der Waals surface area (Å²) < 4.78 is 5.73. The van der Waals surface area contributed by atoms with Crippen molar-refractivity contribution in [3.8, 4) is 0 Å². The number of benzene rings is 1. The molecule has 5 heteroatoms. The van der Waals surface area contributed by atoms with Gasteiger partial charge in [-0.25, -0.2) is 0 Å². The number of halogens is 1. The van der Waals surface area contributed by atoms with E-state index in [1.807, 2.05) is 18.2 Å². The van der Waals surface area contributed by atoms with E-state index in [2.05, 4.69) is 10.6 Å². The Bertz CT molecular complexity index is 434. The van der Waals surface area contributed by atoms with Gasteiger partial charge >= 0.3 is 0 Å². The molecule has 1 aliphatic rings. The topological polar surface area (TPSA) is 50.4 Å². The summed E-state index contributed by atoms with van der Waals surface area (Å²) in [5.41, 5.74) is 0.925. The second-order valence-corrected chi connectivity index (χ2v) is 5.41. The van der Waals surface area contributed by atoms with E-state index in [9.17, 15) is 4.79 Å². The largest absolute Gasteiger partial charge is 0.376 e. The highest BCUT2D eigenvalue weighted by atomic mass is 35.5. The fourth-order valence-electron chi connectivity index (χ4n) is 2.27. The maximum Gasteiger partial charge on any atom is 0.224 e. The Morgan fingerprint density at radius 1 is 1.40 bits per heavy atom. The highest BCUT2D eigenvalue weighted by Crippen LogP contribution is 2.11. The normalized spacial score (nSPS) is 16.1. The first kappa shape index (κ1) is 15.3. The monoisotopic (exact) mass is 296 g/mol. The third-order valence-electron chi connectivity index (χ3n) is 3.32. The maximum absolute atomic E-state index is 11.8. The van der Waals surface area contributed by atoms with Gasteiger partial charge in [0.2, 0.25) is 5.91 Å². The van der Waals surface area contributed by atoms with Crippen molar-refractivity contribution in [2.75, 3.05) is 26.2 Å². The summed E-state index contributed by atoms with van der Waals surface area (Å²) in [6.45, 7) is 3.17. The fraction of sp³-hybridized carbons (Fsp3) is 0.533. The number of nitrogens with one attached hydrogen (secondary N) is 2. The molecule has 1 aromatic rings. The van der Waals surface area contributed by atoms with Crippen molar-refractivity contribution >= 4 is 17.5 Å². The van der Waals surface area contributed by atoms with Gasteiger partial charge in [0.1, 0.15) is 0 Å². The van der Waals surface area contributed by atoms with E-state index in [1.165, 1.54) is 0 Å². The zero-order valence-electron chi connectivity index (χ0n) is 11.5.